The summed E-state index contributed by atoms with van der Waals surface area (Å²) in [6.45, 7) is 2.92. The second kappa shape index (κ2) is 15.5. The standard InChI is InChI=1S/C27H34Cl2O5/c1-3-4-5-6-7-8-9-12-15-33-26-24(28)16-21(17-25(26)29)34-18-20-13-10-11-14-22(20)23(19-32-2)27(30)31/h10-11,13-14,16-17,19H,3-9,12,15,18H2,1-2H3,(H,30,31). The first kappa shape index (κ1) is 27.9. The van der Waals surface area contributed by atoms with Crippen molar-refractivity contribution in [3.8, 4) is 11.5 Å². The third-order valence-corrected chi connectivity index (χ3v) is 5.95. The van der Waals surface area contributed by atoms with E-state index < -0.39 is 5.97 Å². The zero-order valence-corrected chi connectivity index (χ0v) is 21.5. The number of methoxy groups -OCH3 is 1. The van der Waals surface area contributed by atoms with E-state index in [4.69, 9.17) is 37.4 Å². The Labute approximate surface area is 212 Å². The number of carboxylic acid groups (broad SMARTS) is 1. The molecule has 0 saturated carbocycles. The highest BCUT2D eigenvalue weighted by atomic mass is 35.5. The van der Waals surface area contributed by atoms with Crippen LogP contribution in [0.25, 0.3) is 5.57 Å². The lowest BCUT2D eigenvalue weighted by atomic mass is 10.0. The highest BCUT2D eigenvalue weighted by Crippen LogP contribution is 2.37. The summed E-state index contributed by atoms with van der Waals surface area (Å²) in [5, 5.41) is 10.2. The smallest absolute Gasteiger partial charge is 0.339 e. The summed E-state index contributed by atoms with van der Waals surface area (Å²) in [6, 6.07) is 10.4. The van der Waals surface area contributed by atoms with Crippen LogP contribution in [0.2, 0.25) is 10.0 Å². The highest BCUT2D eigenvalue weighted by Gasteiger charge is 2.16. The summed E-state index contributed by atoms with van der Waals surface area (Å²) >= 11 is 12.8. The number of hydrogen-bond acceptors (Lipinski definition) is 4. The van der Waals surface area contributed by atoms with Gasteiger partial charge in [-0.25, -0.2) is 4.79 Å². The topological polar surface area (TPSA) is 65.0 Å². The molecule has 34 heavy (non-hydrogen) atoms. The lowest BCUT2D eigenvalue weighted by Gasteiger charge is -2.14. The van der Waals surface area contributed by atoms with Crippen molar-refractivity contribution in [2.75, 3.05) is 13.7 Å². The maximum absolute atomic E-state index is 11.6. The van der Waals surface area contributed by atoms with E-state index in [2.05, 4.69) is 6.92 Å². The van der Waals surface area contributed by atoms with Gasteiger partial charge in [0, 0.05) is 12.1 Å². The van der Waals surface area contributed by atoms with E-state index in [1.807, 2.05) is 6.07 Å². The molecule has 0 aliphatic rings. The van der Waals surface area contributed by atoms with Crippen LogP contribution in [0.3, 0.4) is 0 Å². The van der Waals surface area contributed by atoms with Crippen LogP contribution in [-0.4, -0.2) is 24.8 Å². The van der Waals surface area contributed by atoms with Crippen molar-refractivity contribution in [1.29, 1.82) is 0 Å². The normalized spacial score (nSPS) is 11.4. The number of hydrogen-bond donors (Lipinski definition) is 1. The van der Waals surface area contributed by atoms with E-state index in [0.717, 1.165) is 12.8 Å². The Kier molecular flexibility index (Phi) is 12.7. The monoisotopic (exact) mass is 508 g/mol. The number of ether oxygens (including phenoxy) is 3. The van der Waals surface area contributed by atoms with Crippen molar-refractivity contribution in [3.05, 3.63) is 63.8 Å². The molecule has 0 aromatic heterocycles. The first-order chi connectivity index (χ1) is 16.5. The van der Waals surface area contributed by atoms with Crippen molar-refractivity contribution >= 4 is 34.7 Å². The van der Waals surface area contributed by atoms with Crippen LogP contribution in [0.5, 0.6) is 11.5 Å². The van der Waals surface area contributed by atoms with Gasteiger partial charge in [-0.3, -0.25) is 0 Å². The molecule has 2 aromatic carbocycles. The molecule has 0 heterocycles. The Morgan fingerprint density at radius 1 is 0.941 bits per heavy atom. The number of unbranched alkanes of at least 4 members (excludes halogenated alkanes) is 7. The minimum atomic E-state index is -1.08. The van der Waals surface area contributed by atoms with Crippen molar-refractivity contribution in [3.63, 3.8) is 0 Å². The SMILES string of the molecule is CCCCCCCCCCOc1c(Cl)cc(OCc2ccccc2C(=COC)C(=O)O)cc1Cl. The fourth-order valence-electron chi connectivity index (χ4n) is 3.58. The molecular formula is C27H34Cl2O5. The predicted octanol–water partition coefficient (Wildman–Crippen LogP) is 8.16. The van der Waals surface area contributed by atoms with Gasteiger partial charge in [-0.1, -0.05) is 99.3 Å². The van der Waals surface area contributed by atoms with E-state index in [0.29, 0.717) is 39.3 Å². The predicted molar refractivity (Wildman–Crippen MR) is 138 cm³/mol. The highest BCUT2D eigenvalue weighted by molar-refractivity contribution is 6.37. The molecule has 0 amide bonds. The minimum absolute atomic E-state index is 0.0440. The van der Waals surface area contributed by atoms with E-state index in [9.17, 15) is 9.90 Å². The molecular weight excluding hydrogens is 475 g/mol. The minimum Gasteiger partial charge on any atom is -0.503 e. The fourth-order valence-corrected chi connectivity index (χ4v) is 4.16. The maximum atomic E-state index is 11.6. The van der Waals surface area contributed by atoms with Crippen LogP contribution in [0.15, 0.2) is 42.7 Å². The lowest BCUT2D eigenvalue weighted by molar-refractivity contribution is -0.130. The van der Waals surface area contributed by atoms with Gasteiger partial charge < -0.3 is 19.3 Å². The van der Waals surface area contributed by atoms with Gasteiger partial charge in [0.15, 0.2) is 5.75 Å². The number of benzene rings is 2. The summed E-state index contributed by atoms with van der Waals surface area (Å²) in [6.07, 6.45) is 11.0. The molecule has 7 heteroatoms. The molecule has 5 nitrogen and oxygen atoms in total. The number of rotatable bonds is 16. The van der Waals surface area contributed by atoms with Crippen LogP contribution in [0.1, 0.15) is 69.4 Å². The molecule has 0 atom stereocenters. The molecule has 0 fully saturated rings. The Morgan fingerprint density at radius 3 is 2.18 bits per heavy atom. The van der Waals surface area contributed by atoms with Crippen LogP contribution in [0, 0.1) is 0 Å². The van der Waals surface area contributed by atoms with Crippen molar-refractivity contribution < 1.29 is 24.1 Å². The van der Waals surface area contributed by atoms with E-state index in [-0.39, 0.29) is 12.2 Å². The van der Waals surface area contributed by atoms with Gasteiger partial charge in [-0.15, -0.1) is 0 Å². The Bertz CT molecular complexity index is 919. The summed E-state index contributed by atoms with van der Waals surface area (Å²) in [5.74, 6) is -0.162. The van der Waals surface area contributed by atoms with E-state index in [1.54, 1.807) is 30.3 Å². The summed E-state index contributed by atoms with van der Waals surface area (Å²) in [7, 11) is 1.41. The van der Waals surface area contributed by atoms with Gasteiger partial charge in [0.25, 0.3) is 0 Å². The average Bonchev–Trinajstić information content (AvgIpc) is 2.81. The van der Waals surface area contributed by atoms with Gasteiger partial charge in [0.05, 0.1) is 30.0 Å². The Hall–Kier alpha value is -2.37. The van der Waals surface area contributed by atoms with Gasteiger partial charge >= 0.3 is 5.97 Å². The largest absolute Gasteiger partial charge is 0.503 e. The Balaban J connectivity index is 1.91. The number of carbonyl (C=O) groups is 1. The average molecular weight is 509 g/mol. The molecule has 1 N–H and O–H groups in total. The van der Waals surface area contributed by atoms with Gasteiger partial charge in [0.1, 0.15) is 17.9 Å². The zero-order chi connectivity index (χ0) is 24.8. The van der Waals surface area contributed by atoms with Crippen LogP contribution in [-0.2, 0) is 16.1 Å². The van der Waals surface area contributed by atoms with Crippen LogP contribution < -0.4 is 9.47 Å². The zero-order valence-electron chi connectivity index (χ0n) is 19.9. The van der Waals surface area contributed by atoms with Gasteiger partial charge in [0.2, 0.25) is 0 Å². The molecule has 0 aliphatic heterocycles. The second-order valence-corrected chi connectivity index (χ2v) is 8.87. The molecule has 0 radical (unpaired) electrons. The molecule has 2 rings (SSSR count). The maximum Gasteiger partial charge on any atom is 0.339 e. The molecule has 0 unspecified atom stereocenters. The fraction of sp³-hybridized carbons (Fsp3) is 0.444. The Morgan fingerprint density at radius 2 is 1.56 bits per heavy atom. The number of halogens is 2. The van der Waals surface area contributed by atoms with Crippen LogP contribution >= 0.6 is 23.2 Å². The van der Waals surface area contributed by atoms with E-state index >= 15 is 0 Å². The van der Waals surface area contributed by atoms with Crippen molar-refractivity contribution in [2.24, 2.45) is 0 Å². The summed E-state index contributed by atoms with van der Waals surface area (Å²) < 4.78 is 16.6. The molecule has 0 bridgehead atoms. The van der Waals surface area contributed by atoms with Gasteiger partial charge in [-0.2, -0.15) is 0 Å². The molecule has 2 aromatic rings. The van der Waals surface area contributed by atoms with Crippen molar-refractivity contribution in [1.82, 2.24) is 0 Å². The lowest BCUT2D eigenvalue weighted by Crippen LogP contribution is -2.06. The third kappa shape index (κ3) is 9.11. The van der Waals surface area contributed by atoms with E-state index in [1.165, 1.54) is 51.9 Å². The van der Waals surface area contributed by atoms with Crippen LogP contribution in [0.4, 0.5) is 0 Å². The summed E-state index contributed by atoms with van der Waals surface area (Å²) in [5.41, 5.74) is 1.25. The number of aliphatic carboxylic acids is 1. The molecule has 186 valence electrons. The quantitative estimate of drug-likeness (QED) is 0.140. The molecule has 0 aliphatic carbocycles. The number of carboxylic acids is 1. The first-order valence-electron chi connectivity index (χ1n) is 11.8. The molecule has 0 spiro atoms. The third-order valence-electron chi connectivity index (χ3n) is 5.38. The molecule has 0 saturated heterocycles. The second-order valence-electron chi connectivity index (χ2n) is 8.06. The first-order valence-corrected chi connectivity index (χ1v) is 12.5. The summed E-state index contributed by atoms with van der Waals surface area (Å²) in [4.78, 5) is 11.6. The van der Waals surface area contributed by atoms with Gasteiger partial charge in [-0.05, 0) is 17.5 Å². The van der Waals surface area contributed by atoms with Crippen molar-refractivity contribution in [2.45, 2.75) is 64.9 Å².